The van der Waals surface area contributed by atoms with Gasteiger partial charge in [-0.05, 0) is 34.0 Å². The Labute approximate surface area is 224 Å². The number of amides is 2. The van der Waals surface area contributed by atoms with Crippen LogP contribution in [0, 0.1) is 0 Å². The van der Waals surface area contributed by atoms with E-state index in [1.54, 1.807) is 21.9 Å². The molecule has 0 unspecified atom stereocenters. The van der Waals surface area contributed by atoms with Gasteiger partial charge in [0, 0.05) is 13.1 Å². The van der Waals surface area contributed by atoms with E-state index in [4.69, 9.17) is 0 Å². The first-order chi connectivity index (χ1) is 17.9. The quantitative estimate of drug-likeness (QED) is 0.311. The molecule has 1 aliphatic heterocycles. The van der Waals surface area contributed by atoms with Crippen molar-refractivity contribution in [3.05, 3.63) is 117 Å². The first-order valence-corrected chi connectivity index (χ1v) is 15.5. The summed E-state index contributed by atoms with van der Waals surface area (Å²) in [6.07, 6.45) is 0. The predicted molar refractivity (Wildman–Crippen MR) is 147 cm³/mol. The van der Waals surface area contributed by atoms with Gasteiger partial charge in [-0.25, -0.2) is 8.42 Å². The fourth-order valence-corrected chi connectivity index (χ4v) is 8.07. The van der Waals surface area contributed by atoms with E-state index in [0.717, 1.165) is 11.1 Å². The third-order valence-electron chi connectivity index (χ3n) is 6.47. The Morgan fingerprint density at radius 1 is 0.649 bits per heavy atom. The zero-order valence-electron chi connectivity index (χ0n) is 20.0. The molecule has 6 nitrogen and oxygen atoms in total. The molecule has 3 heterocycles. The molecule has 0 bridgehead atoms. The number of carbonyl (C=O) groups is 2. The van der Waals surface area contributed by atoms with Crippen LogP contribution in [0.1, 0.15) is 30.5 Å². The maximum Gasteiger partial charge on any atom is 0.264 e. The highest BCUT2D eigenvalue weighted by Crippen LogP contribution is 2.30. The highest BCUT2D eigenvalue weighted by Gasteiger charge is 2.47. The normalized spacial score (nSPS) is 18.4. The van der Waals surface area contributed by atoms with Gasteiger partial charge in [0.15, 0.2) is 9.84 Å². The van der Waals surface area contributed by atoms with Crippen molar-refractivity contribution < 1.29 is 18.0 Å². The van der Waals surface area contributed by atoms with Crippen LogP contribution in [-0.4, -0.2) is 53.6 Å². The van der Waals surface area contributed by atoms with Crippen LogP contribution in [0.15, 0.2) is 95.7 Å². The Morgan fingerprint density at radius 2 is 1.05 bits per heavy atom. The van der Waals surface area contributed by atoms with Gasteiger partial charge in [-0.2, -0.15) is 0 Å². The van der Waals surface area contributed by atoms with Crippen molar-refractivity contribution in [2.75, 3.05) is 11.5 Å². The molecule has 0 radical (unpaired) electrons. The van der Waals surface area contributed by atoms with Crippen molar-refractivity contribution in [1.82, 2.24) is 9.80 Å². The molecule has 190 valence electrons. The van der Waals surface area contributed by atoms with Crippen molar-refractivity contribution in [2.24, 2.45) is 0 Å². The highest BCUT2D eigenvalue weighted by atomic mass is 32.2. The molecule has 5 rings (SSSR count). The van der Waals surface area contributed by atoms with E-state index in [1.165, 1.54) is 22.7 Å². The molecular formula is C28H26N2O4S3. The van der Waals surface area contributed by atoms with Crippen LogP contribution in [0.4, 0.5) is 0 Å². The van der Waals surface area contributed by atoms with Crippen LogP contribution in [0.2, 0.25) is 0 Å². The molecule has 1 fully saturated rings. The SMILES string of the molecule is O=C(c1cccs1)N(Cc1ccccc1)[C@@H]1CS(=O)(=O)C[C@@H]1N(Cc1ccccc1)C(=O)c1cccs1. The van der Waals surface area contributed by atoms with Crippen molar-refractivity contribution >= 4 is 44.3 Å². The lowest BCUT2D eigenvalue weighted by Gasteiger charge is -2.38. The van der Waals surface area contributed by atoms with Crippen LogP contribution < -0.4 is 0 Å². The lowest BCUT2D eigenvalue weighted by Crippen LogP contribution is -2.54. The third kappa shape index (κ3) is 5.84. The Bertz CT molecular complexity index is 1330. The molecule has 0 saturated carbocycles. The fraction of sp³-hybridized carbons (Fsp3) is 0.214. The van der Waals surface area contributed by atoms with Gasteiger partial charge in [0.05, 0.1) is 33.3 Å². The van der Waals surface area contributed by atoms with Crippen LogP contribution in [0.3, 0.4) is 0 Å². The van der Waals surface area contributed by atoms with Crippen LogP contribution in [0.25, 0.3) is 0 Å². The molecule has 2 aromatic heterocycles. The van der Waals surface area contributed by atoms with Gasteiger partial charge < -0.3 is 9.80 Å². The number of hydrogen-bond donors (Lipinski definition) is 0. The second-order valence-electron chi connectivity index (χ2n) is 9.00. The van der Waals surface area contributed by atoms with E-state index in [2.05, 4.69) is 0 Å². The van der Waals surface area contributed by atoms with E-state index >= 15 is 0 Å². The van der Waals surface area contributed by atoms with Gasteiger partial charge >= 0.3 is 0 Å². The summed E-state index contributed by atoms with van der Waals surface area (Å²) in [5, 5.41) is 3.66. The van der Waals surface area contributed by atoms with Gasteiger partial charge in [0.25, 0.3) is 11.8 Å². The number of nitrogens with zero attached hydrogens (tertiary/aromatic N) is 2. The van der Waals surface area contributed by atoms with Crippen molar-refractivity contribution in [2.45, 2.75) is 25.2 Å². The van der Waals surface area contributed by atoms with Gasteiger partial charge in [-0.15, -0.1) is 22.7 Å². The molecule has 1 aliphatic rings. The molecule has 37 heavy (non-hydrogen) atoms. The lowest BCUT2D eigenvalue weighted by atomic mass is 10.0. The summed E-state index contributed by atoms with van der Waals surface area (Å²) < 4.78 is 26.2. The minimum Gasteiger partial charge on any atom is -0.328 e. The second kappa shape index (κ2) is 11.0. The largest absolute Gasteiger partial charge is 0.328 e. The molecule has 2 amide bonds. The monoisotopic (exact) mass is 550 g/mol. The molecule has 0 spiro atoms. The molecule has 2 atom stereocenters. The van der Waals surface area contributed by atoms with E-state index in [1.807, 2.05) is 83.6 Å². The number of rotatable bonds is 8. The molecule has 1 saturated heterocycles. The summed E-state index contributed by atoms with van der Waals surface area (Å²) in [5.74, 6) is -0.835. The predicted octanol–water partition coefficient (Wildman–Crippen LogP) is 4.96. The Morgan fingerprint density at radius 3 is 1.41 bits per heavy atom. The van der Waals surface area contributed by atoms with Gasteiger partial charge in [0.1, 0.15) is 0 Å². The van der Waals surface area contributed by atoms with E-state index in [9.17, 15) is 18.0 Å². The molecule has 4 aromatic rings. The Kier molecular flexibility index (Phi) is 7.55. The topological polar surface area (TPSA) is 74.8 Å². The van der Waals surface area contributed by atoms with Crippen molar-refractivity contribution in [3.8, 4) is 0 Å². The average Bonchev–Trinajstić information content (AvgIpc) is 3.68. The summed E-state index contributed by atoms with van der Waals surface area (Å²) in [6.45, 7) is 0.501. The molecule has 2 aromatic carbocycles. The third-order valence-corrected chi connectivity index (χ3v) is 9.89. The summed E-state index contributed by atoms with van der Waals surface area (Å²) in [4.78, 5) is 31.9. The maximum absolute atomic E-state index is 13.8. The van der Waals surface area contributed by atoms with E-state index < -0.39 is 21.9 Å². The summed E-state index contributed by atoms with van der Waals surface area (Å²) in [6, 6.07) is 24.8. The number of hydrogen-bond acceptors (Lipinski definition) is 6. The minimum atomic E-state index is -3.50. The molecule has 0 aliphatic carbocycles. The van der Waals surface area contributed by atoms with Crippen molar-refractivity contribution in [3.63, 3.8) is 0 Å². The molecule has 9 heteroatoms. The summed E-state index contributed by atoms with van der Waals surface area (Å²) in [7, 11) is -3.50. The lowest BCUT2D eigenvalue weighted by molar-refractivity contribution is 0.0463. The first-order valence-electron chi connectivity index (χ1n) is 11.9. The average molecular weight is 551 g/mol. The second-order valence-corrected chi connectivity index (χ2v) is 13.1. The number of sulfone groups is 1. The zero-order valence-corrected chi connectivity index (χ0v) is 22.4. The number of benzene rings is 2. The zero-order chi connectivity index (χ0) is 25.8. The van der Waals surface area contributed by atoms with Gasteiger partial charge in [-0.1, -0.05) is 72.8 Å². The molecular weight excluding hydrogens is 525 g/mol. The molecule has 0 N–H and O–H groups in total. The minimum absolute atomic E-state index is 0.190. The smallest absolute Gasteiger partial charge is 0.264 e. The first kappa shape index (κ1) is 25.4. The summed E-state index contributed by atoms with van der Waals surface area (Å²) in [5.41, 5.74) is 1.80. The van der Waals surface area contributed by atoms with E-state index in [0.29, 0.717) is 9.75 Å². The highest BCUT2D eigenvalue weighted by molar-refractivity contribution is 7.91. The van der Waals surface area contributed by atoms with Crippen LogP contribution in [0.5, 0.6) is 0 Å². The Balaban J connectivity index is 1.57. The van der Waals surface area contributed by atoms with Crippen LogP contribution in [-0.2, 0) is 22.9 Å². The number of thiophene rings is 2. The Hall–Kier alpha value is -3.27. The van der Waals surface area contributed by atoms with Crippen LogP contribution >= 0.6 is 22.7 Å². The van der Waals surface area contributed by atoms with Gasteiger partial charge in [0.2, 0.25) is 0 Å². The van der Waals surface area contributed by atoms with Gasteiger partial charge in [-0.3, -0.25) is 9.59 Å². The summed E-state index contributed by atoms with van der Waals surface area (Å²) >= 11 is 2.65. The fourth-order valence-electron chi connectivity index (χ4n) is 4.73. The maximum atomic E-state index is 13.8. The number of carbonyl (C=O) groups excluding carboxylic acids is 2. The van der Waals surface area contributed by atoms with Crippen molar-refractivity contribution in [1.29, 1.82) is 0 Å². The van der Waals surface area contributed by atoms with E-state index in [-0.39, 0.29) is 36.4 Å². The standard InChI is InChI=1S/C28H26N2O4S3/c31-27(25-13-7-15-35-25)29(17-21-9-3-1-4-10-21)23-19-37(33,34)20-24(23)30(18-22-11-5-2-6-12-22)28(32)26-14-8-16-36-26/h1-16,23-24H,17-20H2/t23-,24+.